The van der Waals surface area contributed by atoms with Gasteiger partial charge in [0.2, 0.25) is 0 Å². The van der Waals surface area contributed by atoms with Crippen molar-refractivity contribution in [2.45, 2.75) is 0 Å². The first kappa shape index (κ1) is 12.6. The molecule has 1 aromatic heterocycles. The molecule has 7 nitrogen and oxygen atoms in total. The maximum Gasteiger partial charge on any atom is 0.287 e. The highest BCUT2D eigenvalue weighted by atomic mass is 16.6. The highest BCUT2D eigenvalue weighted by Crippen LogP contribution is 2.17. The summed E-state index contributed by atoms with van der Waals surface area (Å²) in [6.45, 7) is 0. The van der Waals surface area contributed by atoms with Crippen molar-refractivity contribution in [3.8, 4) is 0 Å². The number of nitro groups is 1. The second-order valence-electron chi connectivity index (χ2n) is 4.03. The summed E-state index contributed by atoms with van der Waals surface area (Å²) in [5.41, 5.74) is 6.74. The first-order valence-electron chi connectivity index (χ1n) is 5.45. The number of amides is 1. The van der Waals surface area contributed by atoms with Gasteiger partial charge in [0.05, 0.1) is 11.1 Å². The SMILES string of the molecule is Cn1cc([N+](=O)[O-])cc1C(=O)Nc1cccc(N)c1. The topological polar surface area (TPSA) is 103 Å². The van der Waals surface area contributed by atoms with Crippen LogP contribution in [-0.4, -0.2) is 15.4 Å². The number of nitrogens with two attached hydrogens (primary N) is 1. The number of aryl methyl sites for hydroxylation is 1. The van der Waals surface area contributed by atoms with Crippen molar-refractivity contribution < 1.29 is 9.72 Å². The summed E-state index contributed by atoms with van der Waals surface area (Å²) in [6.07, 6.45) is 1.29. The number of carbonyl (C=O) groups excluding carboxylic acids is 1. The molecule has 0 radical (unpaired) electrons. The van der Waals surface area contributed by atoms with E-state index >= 15 is 0 Å². The highest BCUT2D eigenvalue weighted by molar-refractivity contribution is 6.03. The molecule has 2 rings (SSSR count). The van der Waals surface area contributed by atoms with Crippen LogP contribution in [0, 0.1) is 10.1 Å². The van der Waals surface area contributed by atoms with Crippen molar-refractivity contribution in [2.75, 3.05) is 11.1 Å². The van der Waals surface area contributed by atoms with Crippen molar-refractivity contribution in [3.05, 3.63) is 52.3 Å². The Balaban J connectivity index is 2.23. The molecule has 0 atom stereocenters. The van der Waals surface area contributed by atoms with E-state index < -0.39 is 10.8 Å². The van der Waals surface area contributed by atoms with Gasteiger partial charge in [0.15, 0.2) is 0 Å². The van der Waals surface area contributed by atoms with Crippen LogP contribution in [0.15, 0.2) is 36.5 Å². The molecular weight excluding hydrogens is 248 g/mol. The fourth-order valence-corrected chi connectivity index (χ4v) is 1.68. The molecule has 1 heterocycles. The third kappa shape index (κ3) is 2.71. The Labute approximate surface area is 108 Å². The molecule has 0 bridgehead atoms. The van der Waals surface area contributed by atoms with Gasteiger partial charge in [0.1, 0.15) is 5.69 Å². The number of carbonyl (C=O) groups is 1. The van der Waals surface area contributed by atoms with Crippen LogP contribution in [0.25, 0.3) is 0 Å². The lowest BCUT2D eigenvalue weighted by atomic mass is 10.2. The molecule has 0 aliphatic carbocycles. The lowest BCUT2D eigenvalue weighted by molar-refractivity contribution is -0.384. The summed E-state index contributed by atoms with van der Waals surface area (Å²) in [5.74, 6) is -0.429. The molecule has 1 aromatic carbocycles. The summed E-state index contributed by atoms with van der Waals surface area (Å²) in [5, 5.41) is 13.3. The van der Waals surface area contributed by atoms with Crippen LogP contribution >= 0.6 is 0 Å². The Morgan fingerprint density at radius 1 is 1.42 bits per heavy atom. The van der Waals surface area contributed by atoms with E-state index in [4.69, 9.17) is 5.73 Å². The highest BCUT2D eigenvalue weighted by Gasteiger charge is 2.17. The first-order valence-corrected chi connectivity index (χ1v) is 5.45. The van der Waals surface area contributed by atoms with E-state index in [0.717, 1.165) is 0 Å². The van der Waals surface area contributed by atoms with Gasteiger partial charge in [-0.25, -0.2) is 0 Å². The van der Waals surface area contributed by atoms with E-state index in [2.05, 4.69) is 5.32 Å². The normalized spacial score (nSPS) is 10.2. The van der Waals surface area contributed by atoms with Crippen LogP contribution in [-0.2, 0) is 7.05 Å². The van der Waals surface area contributed by atoms with Crippen molar-refractivity contribution in [1.82, 2.24) is 4.57 Å². The number of nitrogens with one attached hydrogen (secondary N) is 1. The van der Waals surface area contributed by atoms with Crippen molar-refractivity contribution in [1.29, 1.82) is 0 Å². The third-order valence-corrected chi connectivity index (χ3v) is 2.58. The number of hydrogen-bond donors (Lipinski definition) is 2. The minimum absolute atomic E-state index is 0.125. The fraction of sp³-hybridized carbons (Fsp3) is 0.0833. The second-order valence-corrected chi connectivity index (χ2v) is 4.03. The molecule has 0 fully saturated rings. The smallest absolute Gasteiger partial charge is 0.287 e. The Kier molecular flexibility index (Phi) is 3.19. The van der Waals surface area contributed by atoms with Crippen molar-refractivity contribution in [3.63, 3.8) is 0 Å². The zero-order valence-corrected chi connectivity index (χ0v) is 10.2. The summed E-state index contributed by atoms with van der Waals surface area (Å²) in [7, 11) is 1.57. The zero-order valence-electron chi connectivity index (χ0n) is 10.2. The number of anilines is 2. The number of rotatable bonds is 3. The number of nitrogen functional groups attached to an aromatic ring is 1. The molecule has 0 aliphatic rings. The molecule has 3 N–H and O–H groups in total. The predicted octanol–water partition coefficient (Wildman–Crippen LogP) is 1.77. The zero-order chi connectivity index (χ0) is 14.0. The quantitative estimate of drug-likeness (QED) is 0.498. The fourth-order valence-electron chi connectivity index (χ4n) is 1.68. The van der Waals surface area contributed by atoms with Crippen LogP contribution in [0.1, 0.15) is 10.5 Å². The maximum absolute atomic E-state index is 12.0. The molecule has 19 heavy (non-hydrogen) atoms. The van der Waals surface area contributed by atoms with Crippen LogP contribution < -0.4 is 11.1 Å². The van der Waals surface area contributed by atoms with Gasteiger partial charge in [-0.2, -0.15) is 0 Å². The van der Waals surface area contributed by atoms with E-state index in [9.17, 15) is 14.9 Å². The summed E-state index contributed by atoms with van der Waals surface area (Å²) >= 11 is 0. The molecule has 0 saturated carbocycles. The lowest BCUT2D eigenvalue weighted by Crippen LogP contribution is -2.15. The van der Waals surface area contributed by atoms with E-state index in [0.29, 0.717) is 11.4 Å². The van der Waals surface area contributed by atoms with Gasteiger partial charge >= 0.3 is 0 Å². The van der Waals surface area contributed by atoms with E-state index in [1.807, 2.05) is 0 Å². The maximum atomic E-state index is 12.0. The molecule has 2 aromatic rings. The Morgan fingerprint density at radius 3 is 2.74 bits per heavy atom. The van der Waals surface area contributed by atoms with Gasteiger partial charge in [0, 0.05) is 24.5 Å². The van der Waals surface area contributed by atoms with Gasteiger partial charge < -0.3 is 15.6 Å². The van der Waals surface area contributed by atoms with Gasteiger partial charge in [-0.1, -0.05) is 6.07 Å². The molecule has 0 unspecified atom stereocenters. The average Bonchev–Trinajstić information content (AvgIpc) is 2.71. The predicted molar refractivity (Wildman–Crippen MR) is 70.9 cm³/mol. The Morgan fingerprint density at radius 2 is 2.16 bits per heavy atom. The minimum Gasteiger partial charge on any atom is -0.399 e. The number of benzene rings is 1. The van der Waals surface area contributed by atoms with Gasteiger partial charge in [-0.15, -0.1) is 0 Å². The van der Waals surface area contributed by atoms with Crippen LogP contribution in [0.4, 0.5) is 17.1 Å². The van der Waals surface area contributed by atoms with Gasteiger partial charge in [-0.05, 0) is 18.2 Å². The number of hydrogen-bond acceptors (Lipinski definition) is 4. The summed E-state index contributed by atoms with van der Waals surface area (Å²) in [4.78, 5) is 22.1. The Hall–Kier alpha value is -2.83. The molecule has 7 heteroatoms. The van der Waals surface area contributed by atoms with Crippen LogP contribution in [0.3, 0.4) is 0 Å². The van der Waals surface area contributed by atoms with E-state index in [1.165, 1.54) is 16.8 Å². The van der Waals surface area contributed by atoms with Crippen molar-refractivity contribution in [2.24, 2.45) is 7.05 Å². The Bertz CT molecular complexity index is 648. The van der Waals surface area contributed by atoms with Gasteiger partial charge in [-0.3, -0.25) is 14.9 Å². The number of aromatic nitrogens is 1. The van der Waals surface area contributed by atoms with Gasteiger partial charge in [0.25, 0.3) is 11.6 Å². The average molecular weight is 260 g/mol. The van der Waals surface area contributed by atoms with E-state index in [1.54, 1.807) is 31.3 Å². The third-order valence-electron chi connectivity index (χ3n) is 2.58. The number of nitrogens with zero attached hydrogens (tertiary/aromatic N) is 2. The first-order chi connectivity index (χ1) is 8.97. The minimum atomic E-state index is -0.544. The molecule has 0 spiro atoms. The lowest BCUT2D eigenvalue weighted by Gasteiger charge is -2.06. The van der Waals surface area contributed by atoms with Crippen LogP contribution in [0.2, 0.25) is 0 Å². The summed E-state index contributed by atoms with van der Waals surface area (Å²) < 4.78 is 1.40. The molecule has 0 saturated heterocycles. The molecule has 98 valence electrons. The molecule has 1 amide bonds. The molecular formula is C12H12N4O3. The standard InChI is InChI=1S/C12H12N4O3/c1-15-7-10(16(18)19)6-11(15)12(17)14-9-4-2-3-8(13)5-9/h2-7H,13H2,1H3,(H,14,17). The van der Waals surface area contributed by atoms with E-state index in [-0.39, 0.29) is 11.4 Å². The van der Waals surface area contributed by atoms with Crippen LogP contribution in [0.5, 0.6) is 0 Å². The monoisotopic (exact) mass is 260 g/mol. The second kappa shape index (κ2) is 4.81. The summed E-state index contributed by atoms with van der Waals surface area (Å²) in [6, 6.07) is 7.92. The largest absolute Gasteiger partial charge is 0.399 e. The molecule has 0 aliphatic heterocycles. The van der Waals surface area contributed by atoms with Crippen molar-refractivity contribution >= 4 is 23.0 Å².